The quantitative estimate of drug-likeness (QED) is 0.526. The Hall–Kier alpha value is -3.35. The van der Waals surface area contributed by atoms with Crippen molar-refractivity contribution in [3.05, 3.63) is 59.7 Å². The molecular formula is C27H30N2O5. The van der Waals surface area contributed by atoms with Crippen molar-refractivity contribution in [1.82, 2.24) is 10.6 Å². The van der Waals surface area contributed by atoms with Gasteiger partial charge in [0.2, 0.25) is 5.91 Å². The van der Waals surface area contributed by atoms with Crippen LogP contribution in [0.2, 0.25) is 0 Å². The maximum absolute atomic E-state index is 12.3. The maximum Gasteiger partial charge on any atom is 0.407 e. The smallest absolute Gasteiger partial charge is 0.407 e. The molecule has 0 unspecified atom stereocenters. The Kier molecular flexibility index (Phi) is 6.26. The molecule has 0 spiro atoms. The maximum atomic E-state index is 12.3. The van der Waals surface area contributed by atoms with Gasteiger partial charge in [-0.05, 0) is 59.3 Å². The summed E-state index contributed by atoms with van der Waals surface area (Å²) in [6.45, 7) is 1.31. The van der Waals surface area contributed by atoms with Crippen LogP contribution in [0.5, 0.6) is 0 Å². The molecule has 34 heavy (non-hydrogen) atoms. The molecule has 7 nitrogen and oxygen atoms in total. The van der Waals surface area contributed by atoms with Gasteiger partial charge in [0.05, 0.1) is 5.92 Å². The molecule has 0 aliphatic heterocycles. The van der Waals surface area contributed by atoms with Crippen LogP contribution in [-0.4, -0.2) is 42.8 Å². The highest BCUT2D eigenvalue weighted by Crippen LogP contribution is 2.44. The minimum atomic E-state index is -0.773. The summed E-state index contributed by atoms with van der Waals surface area (Å²) in [5.74, 6) is -0.267. The third-order valence-electron chi connectivity index (χ3n) is 7.49. The van der Waals surface area contributed by atoms with Crippen LogP contribution in [0, 0.1) is 23.7 Å². The first-order chi connectivity index (χ1) is 16.5. The topological polar surface area (TPSA) is 105 Å². The van der Waals surface area contributed by atoms with E-state index in [4.69, 9.17) is 9.84 Å². The Morgan fingerprint density at radius 2 is 1.50 bits per heavy atom. The molecule has 2 amide bonds. The number of carboxylic acid groups (broad SMARTS) is 1. The molecule has 2 aromatic rings. The number of amides is 2. The minimum absolute atomic E-state index is 0.0102. The summed E-state index contributed by atoms with van der Waals surface area (Å²) in [4.78, 5) is 35.2. The summed E-state index contributed by atoms with van der Waals surface area (Å²) in [5, 5.41) is 14.7. The Bertz CT molecular complexity index is 1050. The molecule has 0 radical (unpaired) electrons. The van der Waals surface area contributed by atoms with E-state index in [1.807, 2.05) is 24.3 Å². The van der Waals surface area contributed by atoms with Crippen molar-refractivity contribution >= 4 is 18.0 Å². The largest absolute Gasteiger partial charge is 0.481 e. The van der Waals surface area contributed by atoms with Gasteiger partial charge in [-0.2, -0.15) is 0 Å². The van der Waals surface area contributed by atoms with Crippen LogP contribution in [0.1, 0.15) is 42.7 Å². The van der Waals surface area contributed by atoms with Gasteiger partial charge in [-0.25, -0.2) is 4.79 Å². The van der Waals surface area contributed by atoms with Gasteiger partial charge in [0, 0.05) is 25.4 Å². The first-order valence-electron chi connectivity index (χ1n) is 12.1. The molecule has 0 heterocycles. The average molecular weight is 463 g/mol. The van der Waals surface area contributed by atoms with Crippen LogP contribution in [0.15, 0.2) is 48.5 Å². The fraction of sp³-hybridized carbons (Fsp3) is 0.444. The van der Waals surface area contributed by atoms with E-state index in [1.165, 1.54) is 22.3 Å². The standard InChI is InChI=1S/C27H30N2O5/c30-25(28-14-18-12-23(18)26(31)32)11-16-9-17(10-16)13-29-27(33)34-15-24-21-7-3-1-5-19(21)20-6-2-4-8-22(20)24/h1-8,16-18,23-24H,9-15H2,(H,28,30)(H,29,33)(H,31,32)/t16?,17?,18-,23-/m1/s1. The number of hydrogen-bond acceptors (Lipinski definition) is 4. The van der Waals surface area contributed by atoms with E-state index in [9.17, 15) is 14.4 Å². The van der Waals surface area contributed by atoms with Crippen LogP contribution in [0.4, 0.5) is 4.79 Å². The highest BCUT2D eigenvalue weighted by atomic mass is 16.5. The van der Waals surface area contributed by atoms with Crippen molar-refractivity contribution in [2.45, 2.75) is 31.6 Å². The summed E-state index contributed by atoms with van der Waals surface area (Å²) in [7, 11) is 0. The molecule has 2 saturated carbocycles. The van der Waals surface area contributed by atoms with Gasteiger partial charge in [0.1, 0.15) is 6.61 Å². The fourth-order valence-corrected chi connectivity index (χ4v) is 5.44. The predicted molar refractivity (Wildman–Crippen MR) is 126 cm³/mol. The van der Waals surface area contributed by atoms with E-state index in [0.29, 0.717) is 44.4 Å². The SMILES string of the molecule is O=C(CC1CC(CNC(=O)OCC2c3ccccc3-c3ccccc32)C1)NC[C@H]1C[C@H]1C(=O)O. The molecule has 0 bridgehead atoms. The number of nitrogens with one attached hydrogen (secondary N) is 2. The summed E-state index contributed by atoms with van der Waals surface area (Å²) in [6.07, 6.45) is 2.52. The van der Waals surface area contributed by atoms with Gasteiger partial charge in [0.15, 0.2) is 0 Å². The Balaban J connectivity index is 0.997. The van der Waals surface area contributed by atoms with Crippen LogP contribution >= 0.6 is 0 Å². The fourth-order valence-electron chi connectivity index (χ4n) is 5.44. The Labute approximate surface area is 198 Å². The van der Waals surface area contributed by atoms with Crippen molar-refractivity contribution in [2.75, 3.05) is 19.7 Å². The first kappa shape index (κ1) is 22.4. The first-order valence-corrected chi connectivity index (χ1v) is 12.1. The molecule has 7 heteroatoms. The second-order valence-electron chi connectivity index (χ2n) is 9.86. The number of benzene rings is 2. The lowest BCUT2D eigenvalue weighted by Gasteiger charge is -2.35. The highest BCUT2D eigenvalue weighted by Gasteiger charge is 2.43. The predicted octanol–water partition coefficient (Wildman–Crippen LogP) is 3.78. The minimum Gasteiger partial charge on any atom is -0.481 e. The van der Waals surface area contributed by atoms with Gasteiger partial charge >= 0.3 is 12.1 Å². The van der Waals surface area contributed by atoms with E-state index in [-0.39, 0.29) is 23.7 Å². The molecule has 0 aromatic heterocycles. The number of carbonyl (C=O) groups excluding carboxylic acids is 2. The number of carboxylic acids is 1. The van der Waals surface area contributed by atoms with Crippen LogP contribution in [-0.2, 0) is 14.3 Å². The number of ether oxygens (including phenoxy) is 1. The molecule has 3 aliphatic rings. The van der Waals surface area contributed by atoms with E-state index in [1.54, 1.807) is 0 Å². The van der Waals surface area contributed by atoms with Crippen molar-refractivity contribution in [3.8, 4) is 11.1 Å². The zero-order valence-electron chi connectivity index (χ0n) is 19.0. The van der Waals surface area contributed by atoms with Gasteiger partial charge in [-0.15, -0.1) is 0 Å². The number of alkyl carbamates (subject to hydrolysis) is 1. The third kappa shape index (κ3) is 4.79. The number of hydrogen-bond donors (Lipinski definition) is 3. The lowest BCUT2D eigenvalue weighted by molar-refractivity contribution is -0.139. The monoisotopic (exact) mass is 462 g/mol. The second-order valence-corrected chi connectivity index (χ2v) is 9.86. The molecule has 3 N–H and O–H groups in total. The van der Waals surface area contributed by atoms with Crippen LogP contribution in [0.3, 0.4) is 0 Å². The molecule has 5 rings (SSSR count). The number of aliphatic carboxylic acids is 1. The van der Waals surface area contributed by atoms with Gasteiger partial charge in [-0.3, -0.25) is 9.59 Å². The lowest BCUT2D eigenvalue weighted by atomic mass is 9.73. The third-order valence-corrected chi connectivity index (χ3v) is 7.49. The summed E-state index contributed by atoms with van der Waals surface area (Å²) in [6, 6.07) is 16.5. The van der Waals surface area contributed by atoms with E-state index in [2.05, 4.69) is 34.9 Å². The highest BCUT2D eigenvalue weighted by molar-refractivity contribution is 5.79. The van der Waals surface area contributed by atoms with Gasteiger partial charge in [-0.1, -0.05) is 48.5 Å². The molecule has 2 atom stereocenters. The van der Waals surface area contributed by atoms with Crippen LogP contribution < -0.4 is 10.6 Å². The molecule has 2 aromatic carbocycles. The molecular weight excluding hydrogens is 432 g/mol. The molecule has 0 saturated heterocycles. The molecule has 2 fully saturated rings. The lowest BCUT2D eigenvalue weighted by Crippen LogP contribution is -2.38. The van der Waals surface area contributed by atoms with Crippen molar-refractivity contribution in [2.24, 2.45) is 23.7 Å². The van der Waals surface area contributed by atoms with E-state index in [0.717, 1.165) is 12.8 Å². The summed E-state index contributed by atoms with van der Waals surface area (Å²) < 4.78 is 5.58. The summed E-state index contributed by atoms with van der Waals surface area (Å²) >= 11 is 0. The van der Waals surface area contributed by atoms with Gasteiger partial charge in [0.25, 0.3) is 0 Å². The summed E-state index contributed by atoms with van der Waals surface area (Å²) in [5.41, 5.74) is 4.79. The van der Waals surface area contributed by atoms with Gasteiger partial charge < -0.3 is 20.5 Å². The number of rotatable bonds is 9. The van der Waals surface area contributed by atoms with Crippen LogP contribution in [0.25, 0.3) is 11.1 Å². The van der Waals surface area contributed by atoms with Crippen molar-refractivity contribution in [1.29, 1.82) is 0 Å². The number of carbonyl (C=O) groups is 3. The van der Waals surface area contributed by atoms with E-state index >= 15 is 0 Å². The van der Waals surface area contributed by atoms with Crippen molar-refractivity contribution < 1.29 is 24.2 Å². The van der Waals surface area contributed by atoms with E-state index < -0.39 is 12.1 Å². The Morgan fingerprint density at radius 3 is 2.12 bits per heavy atom. The molecule has 178 valence electrons. The zero-order valence-corrected chi connectivity index (χ0v) is 19.0. The van der Waals surface area contributed by atoms with Crippen molar-refractivity contribution in [3.63, 3.8) is 0 Å². The second kappa shape index (κ2) is 9.49. The Morgan fingerprint density at radius 1 is 0.853 bits per heavy atom. The average Bonchev–Trinajstić information content (AvgIpc) is 3.53. The zero-order chi connectivity index (χ0) is 23.7. The normalized spacial score (nSPS) is 24.4. The molecule has 3 aliphatic carbocycles. The number of fused-ring (bicyclic) bond motifs is 3.